The maximum absolute atomic E-state index is 2.50. The smallest absolute Gasteiger partial charge is 0.0294 e. The topological polar surface area (TPSA) is 3.24 Å². The SMILES string of the molecule is CC1CSC(C)(C)C(C)(C)N1C. The fraction of sp³-hybridized carbons (Fsp3) is 1.00. The van der Waals surface area contributed by atoms with E-state index in [9.17, 15) is 0 Å². The minimum Gasteiger partial charge on any atom is -0.296 e. The van der Waals surface area contributed by atoms with Gasteiger partial charge >= 0.3 is 0 Å². The normalized spacial score (nSPS) is 35.0. The molecule has 1 saturated heterocycles. The fourth-order valence-corrected chi connectivity index (χ4v) is 2.97. The van der Waals surface area contributed by atoms with E-state index < -0.39 is 0 Å². The molecule has 2 heteroatoms. The van der Waals surface area contributed by atoms with Gasteiger partial charge in [0.2, 0.25) is 0 Å². The van der Waals surface area contributed by atoms with Crippen LogP contribution in [0, 0.1) is 0 Å². The highest BCUT2D eigenvalue weighted by molar-refractivity contribution is 8.00. The minimum atomic E-state index is 0.301. The second-order valence-corrected chi connectivity index (χ2v) is 6.48. The van der Waals surface area contributed by atoms with Crippen LogP contribution < -0.4 is 0 Å². The first-order chi connectivity index (χ1) is 5.29. The van der Waals surface area contributed by atoms with E-state index in [-0.39, 0.29) is 0 Å². The Hall–Kier alpha value is 0.310. The Bertz CT molecular complexity index is 175. The Labute approximate surface area is 80.9 Å². The van der Waals surface area contributed by atoms with Crippen molar-refractivity contribution >= 4 is 11.8 Å². The molecule has 0 aromatic rings. The zero-order chi connectivity index (χ0) is 9.57. The van der Waals surface area contributed by atoms with Crippen LogP contribution in [0.3, 0.4) is 0 Å². The molecule has 0 spiro atoms. The molecular formula is C10H21NS. The molecule has 1 fully saturated rings. The molecule has 1 atom stereocenters. The van der Waals surface area contributed by atoms with Crippen molar-refractivity contribution in [2.75, 3.05) is 12.8 Å². The first-order valence-corrected chi connectivity index (χ1v) is 5.64. The highest BCUT2D eigenvalue weighted by atomic mass is 32.2. The van der Waals surface area contributed by atoms with E-state index in [1.54, 1.807) is 0 Å². The highest BCUT2D eigenvalue weighted by Gasteiger charge is 2.45. The summed E-state index contributed by atoms with van der Waals surface area (Å²) in [5.41, 5.74) is 0.301. The predicted octanol–water partition coefficient (Wildman–Crippen LogP) is 2.61. The van der Waals surface area contributed by atoms with Gasteiger partial charge in [0.05, 0.1) is 0 Å². The Morgan fingerprint density at radius 3 is 2.17 bits per heavy atom. The zero-order valence-electron chi connectivity index (χ0n) is 9.14. The summed E-state index contributed by atoms with van der Waals surface area (Å²) in [6.07, 6.45) is 0. The van der Waals surface area contributed by atoms with Gasteiger partial charge in [0.25, 0.3) is 0 Å². The van der Waals surface area contributed by atoms with Crippen LogP contribution in [0.15, 0.2) is 0 Å². The molecule has 1 heterocycles. The number of rotatable bonds is 0. The summed E-state index contributed by atoms with van der Waals surface area (Å²) in [7, 11) is 2.24. The Morgan fingerprint density at radius 1 is 1.25 bits per heavy atom. The number of hydrogen-bond acceptors (Lipinski definition) is 2. The summed E-state index contributed by atoms with van der Waals surface area (Å²) in [6.45, 7) is 11.7. The van der Waals surface area contributed by atoms with Crippen LogP contribution in [-0.2, 0) is 0 Å². The van der Waals surface area contributed by atoms with E-state index in [4.69, 9.17) is 0 Å². The Balaban J connectivity index is 2.88. The van der Waals surface area contributed by atoms with Gasteiger partial charge in [0.15, 0.2) is 0 Å². The average Bonchev–Trinajstić information content (AvgIpc) is 1.96. The van der Waals surface area contributed by atoms with Gasteiger partial charge in [-0.1, -0.05) is 0 Å². The van der Waals surface area contributed by atoms with Crippen molar-refractivity contribution in [3.05, 3.63) is 0 Å². The fourth-order valence-electron chi connectivity index (χ4n) is 1.59. The Kier molecular flexibility index (Phi) is 2.52. The van der Waals surface area contributed by atoms with Gasteiger partial charge in [-0.25, -0.2) is 0 Å². The lowest BCUT2D eigenvalue weighted by atomic mass is 9.86. The largest absolute Gasteiger partial charge is 0.296 e. The van der Waals surface area contributed by atoms with Gasteiger partial charge in [0, 0.05) is 22.1 Å². The molecule has 0 radical (unpaired) electrons. The van der Waals surface area contributed by atoms with Crippen molar-refractivity contribution in [3.8, 4) is 0 Å². The van der Waals surface area contributed by atoms with Crippen LogP contribution >= 0.6 is 11.8 Å². The molecule has 1 nitrogen and oxygen atoms in total. The van der Waals surface area contributed by atoms with E-state index in [1.165, 1.54) is 5.75 Å². The highest BCUT2D eigenvalue weighted by Crippen LogP contribution is 2.44. The molecule has 72 valence electrons. The second kappa shape index (κ2) is 2.91. The third kappa shape index (κ3) is 1.39. The molecule has 1 unspecified atom stereocenters. The molecule has 0 amide bonds. The summed E-state index contributed by atoms with van der Waals surface area (Å²) in [5, 5.41) is 0. The summed E-state index contributed by atoms with van der Waals surface area (Å²) >= 11 is 2.10. The van der Waals surface area contributed by atoms with Crippen LogP contribution in [0.5, 0.6) is 0 Å². The lowest BCUT2D eigenvalue weighted by Gasteiger charge is -2.54. The van der Waals surface area contributed by atoms with Crippen molar-refractivity contribution in [3.63, 3.8) is 0 Å². The van der Waals surface area contributed by atoms with Gasteiger partial charge in [-0.3, -0.25) is 4.90 Å². The molecule has 0 aromatic heterocycles. The van der Waals surface area contributed by atoms with E-state index >= 15 is 0 Å². The number of nitrogens with zero attached hydrogens (tertiary/aromatic N) is 1. The summed E-state index contributed by atoms with van der Waals surface area (Å²) in [4.78, 5) is 2.50. The molecule has 1 aliphatic rings. The first kappa shape index (κ1) is 10.4. The molecule has 0 bridgehead atoms. The minimum absolute atomic E-state index is 0.301. The zero-order valence-corrected chi connectivity index (χ0v) is 9.96. The lowest BCUT2D eigenvalue weighted by Crippen LogP contribution is -2.61. The lowest BCUT2D eigenvalue weighted by molar-refractivity contribution is 0.0824. The molecular weight excluding hydrogens is 166 g/mol. The predicted molar refractivity (Wildman–Crippen MR) is 57.8 cm³/mol. The average molecular weight is 187 g/mol. The molecule has 0 saturated carbocycles. The van der Waals surface area contributed by atoms with Gasteiger partial charge < -0.3 is 0 Å². The van der Waals surface area contributed by atoms with E-state index in [0.717, 1.165) is 0 Å². The van der Waals surface area contributed by atoms with E-state index in [1.807, 2.05) is 0 Å². The number of thioether (sulfide) groups is 1. The standard InChI is InChI=1S/C10H21NS/c1-8-7-12-10(4,5)9(2,3)11(8)6/h8H,7H2,1-6H3. The van der Waals surface area contributed by atoms with Crippen molar-refractivity contribution in [1.82, 2.24) is 4.90 Å². The third-order valence-corrected chi connectivity index (χ3v) is 5.57. The maximum Gasteiger partial charge on any atom is 0.0294 e. The van der Waals surface area contributed by atoms with Crippen molar-refractivity contribution in [2.45, 2.75) is 50.9 Å². The molecule has 1 aliphatic heterocycles. The van der Waals surface area contributed by atoms with Crippen molar-refractivity contribution < 1.29 is 0 Å². The second-order valence-electron chi connectivity index (χ2n) is 4.84. The van der Waals surface area contributed by atoms with Crippen molar-refractivity contribution in [1.29, 1.82) is 0 Å². The monoisotopic (exact) mass is 187 g/mol. The van der Waals surface area contributed by atoms with Crippen LogP contribution in [0.25, 0.3) is 0 Å². The molecule has 0 aromatic carbocycles. The van der Waals surface area contributed by atoms with Gasteiger partial charge in [-0.05, 0) is 41.7 Å². The molecule has 0 N–H and O–H groups in total. The summed E-state index contributed by atoms with van der Waals surface area (Å²) in [6, 6.07) is 0.707. The maximum atomic E-state index is 2.50. The van der Waals surface area contributed by atoms with Gasteiger partial charge in [0.1, 0.15) is 0 Å². The van der Waals surface area contributed by atoms with E-state index in [2.05, 4.69) is 58.3 Å². The quantitative estimate of drug-likeness (QED) is 0.573. The number of hydrogen-bond donors (Lipinski definition) is 0. The van der Waals surface area contributed by atoms with Crippen LogP contribution in [0.4, 0.5) is 0 Å². The van der Waals surface area contributed by atoms with Crippen LogP contribution in [0.2, 0.25) is 0 Å². The Morgan fingerprint density at radius 2 is 1.75 bits per heavy atom. The summed E-state index contributed by atoms with van der Waals surface area (Å²) < 4.78 is 0.369. The molecule has 0 aliphatic carbocycles. The van der Waals surface area contributed by atoms with Crippen LogP contribution in [0.1, 0.15) is 34.6 Å². The molecule has 12 heavy (non-hydrogen) atoms. The summed E-state index contributed by atoms with van der Waals surface area (Å²) in [5.74, 6) is 1.26. The van der Waals surface area contributed by atoms with Crippen molar-refractivity contribution in [2.24, 2.45) is 0 Å². The third-order valence-electron chi connectivity index (χ3n) is 3.70. The van der Waals surface area contributed by atoms with E-state index in [0.29, 0.717) is 16.3 Å². The van der Waals surface area contributed by atoms with Crippen LogP contribution in [-0.4, -0.2) is 34.0 Å². The molecule has 1 rings (SSSR count). The van der Waals surface area contributed by atoms with Gasteiger partial charge in [-0.15, -0.1) is 0 Å². The van der Waals surface area contributed by atoms with Gasteiger partial charge in [-0.2, -0.15) is 11.8 Å². The first-order valence-electron chi connectivity index (χ1n) is 4.66.